The number of esters is 1. The molecule has 0 N–H and O–H groups in total. The number of aromatic nitrogens is 2. The Bertz CT molecular complexity index is 862. The van der Waals surface area contributed by atoms with Crippen molar-refractivity contribution in [1.82, 2.24) is 9.78 Å². The van der Waals surface area contributed by atoms with Crippen molar-refractivity contribution in [2.24, 2.45) is 5.92 Å². The average molecular weight is 322 g/mol. The molecule has 3 rings (SSSR count). The summed E-state index contributed by atoms with van der Waals surface area (Å²) in [6, 6.07) is 9.49. The summed E-state index contributed by atoms with van der Waals surface area (Å²) in [6.07, 6.45) is 7.20. The van der Waals surface area contributed by atoms with E-state index in [1.165, 1.54) is 19.1 Å². The molecule has 0 amide bonds. The van der Waals surface area contributed by atoms with E-state index < -0.39 is 23.5 Å². The molecule has 0 bridgehead atoms. The number of hydrogen-bond donors (Lipinski definition) is 0. The standard InChI is InChI=1S/C18H14N2O4/c1-12-9-16(22)17(18(23)24-12)15(21)8-7-13-10-19-20(11-13)14-5-3-2-4-6-14/h2-11,17H,1H3/b8-7+. The molecule has 0 saturated heterocycles. The largest absolute Gasteiger partial charge is 0.430 e. The Morgan fingerprint density at radius 3 is 2.71 bits per heavy atom. The summed E-state index contributed by atoms with van der Waals surface area (Å²) in [6.45, 7) is 1.49. The predicted octanol–water partition coefficient (Wildman–Crippen LogP) is 2.10. The van der Waals surface area contributed by atoms with Gasteiger partial charge in [0.05, 0.1) is 11.9 Å². The lowest BCUT2D eigenvalue weighted by molar-refractivity contribution is -0.151. The summed E-state index contributed by atoms with van der Waals surface area (Å²) in [7, 11) is 0. The SMILES string of the molecule is CC1=CC(=O)C(C(=O)/C=C/c2cnn(-c3ccccc3)c2)C(=O)O1. The highest BCUT2D eigenvalue weighted by atomic mass is 16.5. The number of carbonyl (C=O) groups excluding carboxylic acids is 3. The molecule has 2 heterocycles. The van der Waals surface area contributed by atoms with E-state index in [2.05, 4.69) is 5.10 Å². The maximum absolute atomic E-state index is 12.1. The number of allylic oxidation sites excluding steroid dienone is 3. The molecule has 0 fully saturated rings. The number of ketones is 2. The molecule has 0 radical (unpaired) electrons. The second-order valence-electron chi connectivity index (χ2n) is 5.30. The summed E-state index contributed by atoms with van der Waals surface area (Å²) < 4.78 is 6.50. The van der Waals surface area contributed by atoms with E-state index in [-0.39, 0.29) is 5.76 Å². The van der Waals surface area contributed by atoms with Gasteiger partial charge in [0.1, 0.15) is 5.76 Å². The Balaban J connectivity index is 1.75. The van der Waals surface area contributed by atoms with Crippen molar-refractivity contribution >= 4 is 23.6 Å². The Labute approximate surface area is 138 Å². The Morgan fingerprint density at radius 1 is 1.25 bits per heavy atom. The van der Waals surface area contributed by atoms with Crippen molar-refractivity contribution in [3.8, 4) is 5.69 Å². The Hall–Kier alpha value is -3.28. The van der Waals surface area contributed by atoms with Gasteiger partial charge in [-0.2, -0.15) is 5.10 Å². The maximum Gasteiger partial charge on any atom is 0.329 e. The summed E-state index contributed by atoms with van der Waals surface area (Å²) in [4.78, 5) is 35.6. The first-order valence-corrected chi connectivity index (χ1v) is 7.30. The van der Waals surface area contributed by atoms with Crippen LogP contribution in [0.15, 0.2) is 60.6 Å². The zero-order chi connectivity index (χ0) is 17.1. The first-order chi connectivity index (χ1) is 11.5. The number of benzene rings is 1. The molecule has 0 saturated carbocycles. The van der Waals surface area contributed by atoms with Crippen LogP contribution in [-0.4, -0.2) is 27.3 Å². The quantitative estimate of drug-likeness (QED) is 0.489. The third-order valence-electron chi connectivity index (χ3n) is 3.48. The van der Waals surface area contributed by atoms with Crippen LogP contribution in [0.2, 0.25) is 0 Å². The fourth-order valence-corrected chi connectivity index (χ4v) is 2.32. The summed E-state index contributed by atoms with van der Waals surface area (Å²) >= 11 is 0. The fraction of sp³-hybridized carbons (Fsp3) is 0.111. The second kappa shape index (κ2) is 6.45. The number of cyclic esters (lactones) is 1. The van der Waals surface area contributed by atoms with Crippen LogP contribution in [0.25, 0.3) is 11.8 Å². The van der Waals surface area contributed by atoms with E-state index in [0.29, 0.717) is 5.56 Å². The Kier molecular flexibility index (Phi) is 4.20. The maximum atomic E-state index is 12.1. The van der Waals surface area contributed by atoms with Gasteiger partial charge in [-0.05, 0) is 31.2 Å². The zero-order valence-corrected chi connectivity index (χ0v) is 12.9. The summed E-state index contributed by atoms with van der Waals surface area (Å²) in [5, 5.41) is 4.20. The van der Waals surface area contributed by atoms with Gasteiger partial charge in [-0.3, -0.25) is 14.4 Å². The highest BCUT2D eigenvalue weighted by molar-refractivity contribution is 6.25. The molecule has 1 aliphatic rings. The molecule has 1 aliphatic heterocycles. The highest BCUT2D eigenvalue weighted by Crippen LogP contribution is 2.17. The van der Waals surface area contributed by atoms with Gasteiger partial charge >= 0.3 is 5.97 Å². The molecule has 6 nitrogen and oxygen atoms in total. The molecule has 0 aliphatic carbocycles. The smallest absolute Gasteiger partial charge is 0.329 e. The molecule has 1 aromatic carbocycles. The second-order valence-corrected chi connectivity index (χ2v) is 5.30. The van der Waals surface area contributed by atoms with Crippen LogP contribution in [0.1, 0.15) is 12.5 Å². The van der Waals surface area contributed by atoms with E-state index in [1.807, 2.05) is 30.3 Å². The van der Waals surface area contributed by atoms with Crippen LogP contribution in [0.5, 0.6) is 0 Å². The molecule has 1 unspecified atom stereocenters. The van der Waals surface area contributed by atoms with E-state index in [1.54, 1.807) is 17.1 Å². The molecule has 1 aromatic heterocycles. The molecule has 6 heteroatoms. The molecular formula is C18H14N2O4. The number of para-hydroxylation sites is 1. The lowest BCUT2D eigenvalue weighted by Crippen LogP contribution is -2.34. The van der Waals surface area contributed by atoms with Crippen molar-refractivity contribution < 1.29 is 19.1 Å². The van der Waals surface area contributed by atoms with Crippen molar-refractivity contribution in [1.29, 1.82) is 0 Å². The fourth-order valence-electron chi connectivity index (χ4n) is 2.32. The normalized spacial score (nSPS) is 17.7. The lowest BCUT2D eigenvalue weighted by Gasteiger charge is -2.15. The number of ether oxygens (including phenoxy) is 1. The van der Waals surface area contributed by atoms with Crippen LogP contribution >= 0.6 is 0 Å². The van der Waals surface area contributed by atoms with Gasteiger partial charge in [0.2, 0.25) is 0 Å². The van der Waals surface area contributed by atoms with Gasteiger partial charge in [-0.15, -0.1) is 0 Å². The van der Waals surface area contributed by atoms with Crippen LogP contribution in [0.3, 0.4) is 0 Å². The molecule has 2 aromatic rings. The summed E-state index contributed by atoms with van der Waals surface area (Å²) in [5.74, 6) is -3.23. The third-order valence-corrected chi connectivity index (χ3v) is 3.48. The minimum absolute atomic E-state index is 0.196. The number of rotatable bonds is 4. The van der Waals surface area contributed by atoms with E-state index >= 15 is 0 Å². The van der Waals surface area contributed by atoms with E-state index in [0.717, 1.165) is 11.8 Å². The topological polar surface area (TPSA) is 78.3 Å². The first-order valence-electron chi connectivity index (χ1n) is 7.30. The first kappa shape index (κ1) is 15.6. The lowest BCUT2D eigenvalue weighted by atomic mass is 9.96. The molecule has 120 valence electrons. The molecule has 1 atom stereocenters. The van der Waals surface area contributed by atoms with Crippen molar-refractivity contribution in [2.45, 2.75) is 6.92 Å². The summed E-state index contributed by atoms with van der Waals surface area (Å²) in [5.41, 5.74) is 1.56. The third kappa shape index (κ3) is 3.22. The molecular weight excluding hydrogens is 308 g/mol. The van der Waals surface area contributed by atoms with Crippen LogP contribution < -0.4 is 0 Å². The van der Waals surface area contributed by atoms with E-state index in [9.17, 15) is 14.4 Å². The Morgan fingerprint density at radius 2 is 2.00 bits per heavy atom. The van der Waals surface area contributed by atoms with Crippen molar-refractivity contribution in [3.63, 3.8) is 0 Å². The monoisotopic (exact) mass is 322 g/mol. The van der Waals surface area contributed by atoms with Gasteiger partial charge in [-0.1, -0.05) is 18.2 Å². The predicted molar refractivity (Wildman–Crippen MR) is 86.0 cm³/mol. The number of hydrogen-bond acceptors (Lipinski definition) is 5. The van der Waals surface area contributed by atoms with Gasteiger partial charge in [0, 0.05) is 17.8 Å². The zero-order valence-electron chi connectivity index (χ0n) is 12.9. The van der Waals surface area contributed by atoms with Crippen LogP contribution in [-0.2, 0) is 19.1 Å². The van der Waals surface area contributed by atoms with Crippen LogP contribution in [0, 0.1) is 5.92 Å². The van der Waals surface area contributed by atoms with Crippen LogP contribution in [0.4, 0.5) is 0 Å². The van der Waals surface area contributed by atoms with E-state index in [4.69, 9.17) is 4.74 Å². The minimum Gasteiger partial charge on any atom is -0.430 e. The van der Waals surface area contributed by atoms with Gasteiger partial charge < -0.3 is 4.74 Å². The van der Waals surface area contributed by atoms with Gasteiger partial charge in [0.25, 0.3) is 0 Å². The number of nitrogens with zero attached hydrogens (tertiary/aromatic N) is 2. The average Bonchev–Trinajstić information content (AvgIpc) is 3.02. The molecule has 0 spiro atoms. The van der Waals surface area contributed by atoms with Crippen molar-refractivity contribution in [2.75, 3.05) is 0 Å². The highest BCUT2D eigenvalue weighted by Gasteiger charge is 2.36. The van der Waals surface area contributed by atoms with Crippen molar-refractivity contribution in [3.05, 3.63) is 66.2 Å². The van der Waals surface area contributed by atoms with Gasteiger partial charge in [0.15, 0.2) is 17.5 Å². The van der Waals surface area contributed by atoms with Gasteiger partial charge in [-0.25, -0.2) is 4.68 Å². The molecule has 24 heavy (non-hydrogen) atoms. The minimum atomic E-state index is -1.42. The number of carbonyl (C=O) groups is 3.